The van der Waals surface area contributed by atoms with Crippen LogP contribution in [0.2, 0.25) is 0 Å². The Morgan fingerprint density at radius 3 is 1.28 bits per heavy atom. The van der Waals surface area contributed by atoms with Crippen LogP contribution in [0.1, 0.15) is 0 Å². The quantitative estimate of drug-likeness (QED) is 0.601. The van der Waals surface area contributed by atoms with E-state index in [0.717, 1.165) is 19.6 Å². The average molecular weight is 393 g/mol. The molecule has 2 aromatic carbocycles. The maximum Gasteiger partial charge on any atom is 0.156 e. The first-order valence-electron chi connectivity index (χ1n) is 7.68. The molecule has 0 aliphatic carbocycles. The van der Waals surface area contributed by atoms with E-state index in [2.05, 4.69) is 0 Å². The van der Waals surface area contributed by atoms with Crippen LogP contribution in [-0.4, -0.2) is 36.2 Å². The molecular formula is C18H20N2O2S3. The second kappa shape index (κ2) is 10.7. The van der Waals surface area contributed by atoms with Gasteiger partial charge in [0.1, 0.15) is 0 Å². The van der Waals surface area contributed by atoms with Crippen molar-refractivity contribution in [1.29, 1.82) is 0 Å². The van der Waals surface area contributed by atoms with Gasteiger partial charge < -0.3 is 11.5 Å². The minimum atomic E-state index is 0.0505. The Kier molecular flexibility index (Phi) is 8.57. The molecule has 0 radical (unpaired) electrons. The topological polar surface area (TPSA) is 86.2 Å². The van der Waals surface area contributed by atoms with Crippen molar-refractivity contribution in [3.05, 3.63) is 48.5 Å². The predicted molar refractivity (Wildman–Crippen MR) is 107 cm³/mol. The molecule has 0 unspecified atom stereocenters. The lowest BCUT2D eigenvalue weighted by Gasteiger charge is -2.05. The second-order valence-corrected chi connectivity index (χ2v) is 8.35. The van der Waals surface area contributed by atoms with Crippen LogP contribution < -0.4 is 11.5 Å². The van der Waals surface area contributed by atoms with E-state index in [9.17, 15) is 9.59 Å². The minimum absolute atomic E-state index is 0.0505. The molecule has 132 valence electrons. The van der Waals surface area contributed by atoms with Gasteiger partial charge in [0.2, 0.25) is 0 Å². The number of carbonyl (C=O) groups is 2. The maximum absolute atomic E-state index is 11.2. The van der Waals surface area contributed by atoms with Crippen molar-refractivity contribution >= 4 is 46.9 Å². The molecule has 0 saturated heterocycles. The molecule has 2 rings (SSSR count). The van der Waals surface area contributed by atoms with Crippen LogP contribution in [0.5, 0.6) is 0 Å². The van der Waals surface area contributed by atoms with E-state index in [1.165, 1.54) is 23.5 Å². The number of thioether (sulfide) groups is 2. The molecule has 0 aliphatic rings. The van der Waals surface area contributed by atoms with Crippen LogP contribution in [-0.2, 0) is 9.59 Å². The molecule has 7 heteroatoms. The van der Waals surface area contributed by atoms with Crippen LogP contribution in [0.4, 0.5) is 0 Å². The highest BCUT2D eigenvalue weighted by Gasteiger charge is 2.04. The number of hydrogen-bond donors (Lipinski definition) is 2. The summed E-state index contributed by atoms with van der Waals surface area (Å²) < 4.78 is 0. The minimum Gasteiger partial charge on any atom is -0.324 e. The SMILES string of the molecule is NCC(=O)CSc1ccc(Sc2ccc(SCC(=O)CN)cc2)cc1. The Balaban J connectivity index is 1.87. The van der Waals surface area contributed by atoms with E-state index in [4.69, 9.17) is 11.5 Å². The van der Waals surface area contributed by atoms with Crippen LogP contribution in [0.25, 0.3) is 0 Å². The average Bonchev–Trinajstić information content (AvgIpc) is 2.66. The van der Waals surface area contributed by atoms with Crippen molar-refractivity contribution in [3.63, 3.8) is 0 Å². The number of carbonyl (C=O) groups excluding carboxylic acids is 2. The van der Waals surface area contributed by atoms with Crippen molar-refractivity contribution in [2.24, 2.45) is 11.5 Å². The van der Waals surface area contributed by atoms with Crippen molar-refractivity contribution in [3.8, 4) is 0 Å². The van der Waals surface area contributed by atoms with Gasteiger partial charge in [-0.05, 0) is 48.5 Å². The largest absolute Gasteiger partial charge is 0.324 e. The Morgan fingerprint density at radius 2 is 0.960 bits per heavy atom. The lowest BCUT2D eigenvalue weighted by molar-refractivity contribution is -0.116. The highest BCUT2D eigenvalue weighted by molar-refractivity contribution is 8.00. The first-order valence-corrected chi connectivity index (χ1v) is 10.5. The zero-order valence-electron chi connectivity index (χ0n) is 13.6. The summed E-state index contributed by atoms with van der Waals surface area (Å²) in [6.07, 6.45) is 0. The first kappa shape index (κ1) is 20.1. The van der Waals surface area contributed by atoms with Crippen LogP contribution >= 0.6 is 35.3 Å². The van der Waals surface area contributed by atoms with Gasteiger partial charge in [0.25, 0.3) is 0 Å². The van der Waals surface area contributed by atoms with Crippen molar-refractivity contribution in [2.75, 3.05) is 24.6 Å². The van der Waals surface area contributed by atoms with E-state index in [1.807, 2.05) is 48.5 Å². The third-order valence-electron chi connectivity index (χ3n) is 3.14. The molecule has 0 aliphatic heterocycles. The van der Waals surface area contributed by atoms with Gasteiger partial charge in [0.05, 0.1) is 24.6 Å². The molecule has 25 heavy (non-hydrogen) atoms. The molecule has 2 aromatic rings. The highest BCUT2D eigenvalue weighted by atomic mass is 32.2. The number of Topliss-reactive ketones (excluding diaryl/α,β-unsaturated/α-hetero) is 2. The van der Waals surface area contributed by atoms with Crippen LogP contribution in [0.15, 0.2) is 68.1 Å². The summed E-state index contributed by atoms with van der Waals surface area (Å²) in [6, 6.07) is 16.2. The molecular weight excluding hydrogens is 372 g/mol. The summed E-state index contributed by atoms with van der Waals surface area (Å²) in [5, 5.41) is 0. The standard InChI is InChI=1S/C18H20N2O2S3/c19-9-13(21)11-23-15-1-5-17(6-2-15)25-18-7-3-16(4-8-18)24-12-14(22)10-20/h1-8H,9-12,19-20H2. The number of hydrogen-bond acceptors (Lipinski definition) is 7. The Hall–Kier alpha value is -1.25. The number of nitrogens with two attached hydrogens (primary N) is 2. The molecule has 0 fully saturated rings. The monoisotopic (exact) mass is 392 g/mol. The fraction of sp³-hybridized carbons (Fsp3) is 0.222. The molecule has 4 nitrogen and oxygen atoms in total. The van der Waals surface area contributed by atoms with Crippen molar-refractivity contribution in [2.45, 2.75) is 19.6 Å². The Morgan fingerprint density at radius 1 is 0.640 bits per heavy atom. The maximum atomic E-state index is 11.2. The molecule has 4 N–H and O–H groups in total. The van der Waals surface area contributed by atoms with Crippen LogP contribution in [0.3, 0.4) is 0 Å². The summed E-state index contributed by atoms with van der Waals surface area (Å²) in [6.45, 7) is 0.186. The van der Waals surface area contributed by atoms with E-state index in [0.29, 0.717) is 11.5 Å². The van der Waals surface area contributed by atoms with E-state index in [-0.39, 0.29) is 24.7 Å². The molecule has 0 amide bonds. The summed E-state index contributed by atoms with van der Waals surface area (Å²) in [5.74, 6) is 0.924. The zero-order chi connectivity index (χ0) is 18.1. The van der Waals surface area contributed by atoms with Gasteiger partial charge in [-0.1, -0.05) is 11.8 Å². The molecule has 0 spiro atoms. The first-order chi connectivity index (χ1) is 12.1. The zero-order valence-corrected chi connectivity index (χ0v) is 16.1. The van der Waals surface area contributed by atoms with Gasteiger partial charge in [-0.15, -0.1) is 23.5 Å². The van der Waals surface area contributed by atoms with E-state index >= 15 is 0 Å². The fourth-order valence-electron chi connectivity index (χ4n) is 1.79. The smallest absolute Gasteiger partial charge is 0.156 e. The molecule has 0 saturated carbocycles. The molecule has 0 heterocycles. The number of benzene rings is 2. The van der Waals surface area contributed by atoms with Gasteiger partial charge in [-0.25, -0.2) is 0 Å². The van der Waals surface area contributed by atoms with Crippen molar-refractivity contribution < 1.29 is 9.59 Å². The normalized spacial score (nSPS) is 10.6. The summed E-state index contributed by atoms with van der Waals surface area (Å²) in [4.78, 5) is 26.9. The number of ketones is 2. The van der Waals surface area contributed by atoms with Crippen LogP contribution in [0, 0.1) is 0 Å². The molecule has 0 atom stereocenters. The van der Waals surface area contributed by atoms with E-state index < -0.39 is 0 Å². The van der Waals surface area contributed by atoms with Gasteiger partial charge in [0, 0.05) is 19.6 Å². The van der Waals surface area contributed by atoms with Gasteiger partial charge >= 0.3 is 0 Å². The van der Waals surface area contributed by atoms with Gasteiger partial charge in [-0.2, -0.15) is 0 Å². The van der Waals surface area contributed by atoms with Crippen molar-refractivity contribution in [1.82, 2.24) is 0 Å². The molecule has 0 bridgehead atoms. The summed E-state index contributed by atoms with van der Waals surface area (Å²) in [7, 11) is 0. The molecule has 0 aromatic heterocycles. The van der Waals surface area contributed by atoms with Gasteiger partial charge in [0.15, 0.2) is 11.6 Å². The fourth-order valence-corrected chi connectivity index (χ4v) is 4.15. The third-order valence-corrected chi connectivity index (χ3v) is 6.30. The highest BCUT2D eigenvalue weighted by Crippen LogP contribution is 2.31. The van der Waals surface area contributed by atoms with Gasteiger partial charge in [-0.3, -0.25) is 9.59 Å². The Labute approximate surface area is 160 Å². The summed E-state index contributed by atoms with van der Waals surface area (Å²) >= 11 is 4.67. The number of rotatable bonds is 10. The van der Waals surface area contributed by atoms with E-state index in [1.54, 1.807) is 11.8 Å². The predicted octanol–water partition coefficient (Wildman–Crippen LogP) is 3.08. The lowest BCUT2D eigenvalue weighted by atomic mass is 10.4. The lowest BCUT2D eigenvalue weighted by Crippen LogP contribution is -2.15. The summed E-state index contributed by atoms with van der Waals surface area (Å²) in [5.41, 5.74) is 10.6. The third kappa shape index (κ3) is 7.25. The Bertz CT molecular complexity index is 642. The second-order valence-electron chi connectivity index (χ2n) is 5.11.